The average molecular weight is 412 g/mol. The number of carbonyl (C=O) groups excluding carboxylic acids is 1. The quantitative estimate of drug-likeness (QED) is 0.620. The first-order valence-corrected chi connectivity index (χ1v) is 10.7. The van der Waals surface area contributed by atoms with E-state index in [1.807, 2.05) is 36.1 Å². The Hall–Kier alpha value is -2.58. The van der Waals surface area contributed by atoms with Crippen molar-refractivity contribution < 1.29 is 9.32 Å². The Morgan fingerprint density at radius 1 is 1.14 bits per heavy atom. The van der Waals surface area contributed by atoms with Gasteiger partial charge in [-0.3, -0.25) is 9.69 Å². The summed E-state index contributed by atoms with van der Waals surface area (Å²) in [4.78, 5) is 26.2. The summed E-state index contributed by atoms with van der Waals surface area (Å²) in [6.45, 7) is 8.24. The summed E-state index contributed by atoms with van der Waals surface area (Å²) in [5, 5.41) is 5.02. The zero-order valence-corrected chi connectivity index (χ0v) is 17.6. The molecule has 7 nitrogen and oxygen atoms in total. The van der Waals surface area contributed by atoms with Gasteiger partial charge in [-0.2, -0.15) is 4.98 Å². The molecule has 8 heteroatoms. The van der Waals surface area contributed by atoms with Gasteiger partial charge in [0.05, 0.1) is 11.2 Å². The van der Waals surface area contributed by atoms with Crippen molar-refractivity contribution in [3.05, 3.63) is 51.8 Å². The number of piperazine rings is 1. The van der Waals surface area contributed by atoms with Gasteiger partial charge in [-0.1, -0.05) is 35.0 Å². The lowest BCUT2D eigenvalue weighted by atomic mass is 10.1. The number of aromatic nitrogens is 3. The van der Waals surface area contributed by atoms with Crippen LogP contribution in [0.4, 0.5) is 0 Å². The Morgan fingerprint density at radius 2 is 1.90 bits per heavy atom. The van der Waals surface area contributed by atoms with Gasteiger partial charge in [0, 0.05) is 38.2 Å². The number of amides is 1. The maximum Gasteiger partial charge on any atom is 0.265 e. The van der Waals surface area contributed by atoms with Crippen molar-refractivity contribution in [2.24, 2.45) is 0 Å². The summed E-state index contributed by atoms with van der Waals surface area (Å²) in [5.74, 6) is 1.42. The number of carbonyl (C=O) groups is 1. The van der Waals surface area contributed by atoms with E-state index in [1.54, 1.807) is 6.20 Å². The van der Waals surface area contributed by atoms with Crippen molar-refractivity contribution >= 4 is 17.2 Å². The molecule has 0 spiro atoms. The molecule has 0 N–H and O–H groups in total. The largest absolute Gasteiger partial charge is 0.339 e. The molecule has 2 aromatic heterocycles. The predicted molar refractivity (Wildman–Crippen MR) is 112 cm³/mol. The SMILES string of the molecule is Cc1ccc(-c2noc(CCCN3CCN(C(=O)c4cnc(C)s4)CC3)n2)cc1. The molecule has 1 fully saturated rings. The van der Waals surface area contributed by atoms with Crippen LogP contribution in [-0.2, 0) is 6.42 Å². The van der Waals surface area contributed by atoms with Crippen molar-refractivity contribution in [2.45, 2.75) is 26.7 Å². The van der Waals surface area contributed by atoms with Gasteiger partial charge in [0.2, 0.25) is 11.7 Å². The molecule has 1 aliphatic rings. The molecule has 0 atom stereocenters. The van der Waals surface area contributed by atoms with Crippen LogP contribution in [0, 0.1) is 13.8 Å². The number of aryl methyl sites for hydroxylation is 3. The minimum absolute atomic E-state index is 0.102. The second kappa shape index (κ2) is 8.84. The van der Waals surface area contributed by atoms with Crippen molar-refractivity contribution in [3.8, 4) is 11.4 Å². The fourth-order valence-electron chi connectivity index (χ4n) is 3.42. The van der Waals surface area contributed by atoms with Crippen LogP contribution < -0.4 is 0 Å². The third-order valence-corrected chi connectivity index (χ3v) is 6.04. The number of hydrogen-bond acceptors (Lipinski definition) is 7. The molecule has 0 saturated carbocycles. The molecule has 29 heavy (non-hydrogen) atoms. The molecule has 0 aliphatic carbocycles. The van der Waals surface area contributed by atoms with Gasteiger partial charge in [-0.15, -0.1) is 11.3 Å². The van der Waals surface area contributed by atoms with Gasteiger partial charge in [-0.25, -0.2) is 4.98 Å². The van der Waals surface area contributed by atoms with Crippen LogP contribution in [0.3, 0.4) is 0 Å². The molecular formula is C21H25N5O2S. The predicted octanol–water partition coefficient (Wildman–Crippen LogP) is 3.20. The van der Waals surface area contributed by atoms with Crippen LogP contribution in [0.1, 0.15) is 32.6 Å². The minimum atomic E-state index is 0.102. The van der Waals surface area contributed by atoms with E-state index in [0.29, 0.717) is 11.7 Å². The number of hydrogen-bond donors (Lipinski definition) is 0. The van der Waals surface area contributed by atoms with E-state index in [2.05, 4.69) is 26.9 Å². The van der Waals surface area contributed by atoms with Crippen LogP contribution in [0.25, 0.3) is 11.4 Å². The van der Waals surface area contributed by atoms with Crippen LogP contribution in [0.2, 0.25) is 0 Å². The van der Waals surface area contributed by atoms with Crippen LogP contribution in [-0.4, -0.2) is 63.6 Å². The number of thiazole rings is 1. The summed E-state index contributed by atoms with van der Waals surface area (Å²) < 4.78 is 5.40. The third-order valence-electron chi connectivity index (χ3n) is 5.13. The molecule has 1 aromatic carbocycles. The van der Waals surface area contributed by atoms with E-state index in [0.717, 1.165) is 61.0 Å². The van der Waals surface area contributed by atoms with Gasteiger partial charge in [0.25, 0.3) is 5.91 Å². The highest BCUT2D eigenvalue weighted by atomic mass is 32.1. The Morgan fingerprint density at radius 3 is 2.59 bits per heavy atom. The van der Waals surface area contributed by atoms with E-state index in [4.69, 9.17) is 4.52 Å². The first-order valence-electron chi connectivity index (χ1n) is 9.92. The molecule has 3 aromatic rings. The Labute approximate surface area is 174 Å². The highest BCUT2D eigenvalue weighted by molar-refractivity contribution is 7.13. The number of rotatable bonds is 6. The van der Waals surface area contributed by atoms with Crippen LogP contribution >= 0.6 is 11.3 Å². The minimum Gasteiger partial charge on any atom is -0.339 e. The maximum absolute atomic E-state index is 12.5. The fraction of sp³-hybridized carbons (Fsp3) is 0.429. The van der Waals surface area contributed by atoms with Gasteiger partial charge in [0.1, 0.15) is 4.88 Å². The van der Waals surface area contributed by atoms with Gasteiger partial charge >= 0.3 is 0 Å². The topological polar surface area (TPSA) is 75.4 Å². The number of nitrogens with zero attached hydrogens (tertiary/aromatic N) is 5. The lowest BCUT2D eigenvalue weighted by Gasteiger charge is -2.34. The highest BCUT2D eigenvalue weighted by Gasteiger charge is 2.23. The monoisotopic (exact) mass is 411 g/mol. The third kappa shape index (κ3) is 4.89. The lowest BCUT2D eigenvalue weighted by Crippen LogP contribution is -2.48. The van der Waals surface area contributed by atoms with Crippen molar-refractivity contribution in [3.63, 3.8) is 0 Å². The van der Waals surface area contributed by atoms with Crippen molar-refractivity contribution in [2.75, 3.05) is 32.7 Å². The van der Waals surface area contributed by atoms with Crippen molar-refractivity contribution in [1.29, 1.82) is 0 Å². The smallest absolute Gasteiger partial charge is 0.265 e. The molecule has 152 valence electrons. The molecule has 0 unspecified atom stereocenters. The normalized spacial score (nSPS) is 15.0. The molecule has 1 saturated heterocycles. The Balaban J connectivity index is 1.21. The van der Waals surface area contributed by atoms with Crippen molar-refractivity contribution in [1.82, 2.24) is 24.9 Å². The molecule has 0 bridgehead atoms. The number of benzene rings is 1. The summed E-state index contributed by atoms with van der Waals surface area (Å²) in [7, 11) is 0. The molecule has 0 radical (unpaired) electrons. The van der Waals surface area contributed by atoms with E-state index in [1.165, 1.54) is 16.9 Å². The molecule has 3 heterocycles. The molecule has 1 amide bonds. The van der Waals surface area contributed by atoms with E-state index in [9.17, 15) is 4.79 Å². The van der Waals surface area contributed by atoms with Gasteiger partial charge in [-0.05, 0) is 26.8 Å². The average Bonchev–Trinajstić information content (AvgIpc) is 3.38. The first kappa shape index (κ1) is 19.7. The van der Waals surface area contributed by atoms with Crippen LogP contribution in [0.15, 0.2) is 35.0 Å². The van der Waals surface area contributed by atoms with E-state index < -0.39 is 0 Å². The summed E-state index contributed by atoms with van der Waals surface area (Å²) in [5.41, 5.74) is 2.18. The zero-order valence-electron chi connectivity index (χ0n) is 16.8. The first-order chi connectivity index (χ1) is 14.1. The summed E-state index contributed by atoms with van der Waals surface area (Å²) in [6.07, 6.45) is 3.40. The van der Waals surface area contributed by atoms with E-state index >= 15 is 0 Å². The van der Waals surface area contributed by atoms with Crippen LogP contribution in [0.5, 0.6) is 0 Å². The Kier molecular flexibility index (Phi) is 6.01. The highest BCUT2D eigenvalue weighted by Crippen LogP contribution is 2.18. The molecular weight excluding hydrogens is 386 g/mol. The molecule has 4 rings (SSSR count). The van der Waals surface area contributed by atoms with Gasteiger partial charge in [0.15, 0.2) is 0 Å². The molecule has 1 aliphatic heterocycles. The standard InChI is InChI=1S/C21H25N5O2S/c1-15-5-7-17(8-6-15)20-23-19(28-24-20)4-3-9-25-10-12-26(13-11-25)21(27)18-14-22-16(2)29-18/h5-8,14H,3-4,9-13H2,1-2H3. The fourth-order valence-corrected chi connectivity index (χ4v) is 4.17. The van der Waals surface area contributed by atoms with E-state index in [-0.39, 0.29) is 5.91 Å². The second-order valence-corrected chi connectivity index (χ2v) is 8.59. The summed E-state index contributed by atoms with van der Waals surface area (Å²) in [6, 6.07) is 8.12. The zero-order chi connectivity index (χ0) is 20.2. The van der Waals surface area contributed by atoms with Gasteiger partial charge < -0.3 is 9.42 Å². The maximum atomic E-state index is 12.5. The lowest BCUT2D eigenvalue weighted by molar-refractivity contribution is 0.0640. The second-order valence-electron chi connectivity index (χ2n) is 7.36. The Bertz CT molecular complexity index is 958. The summed E-state index contributed by atoms with van der Waals surface area (Å²) >= 11 is 1.46.